The first kappa shape index (κ1) is 24.2. The van der Waals surface area contributed by atoms with E-state index in [0.717, 1.165) is 41.0 Å². The van der Waals surface area contributed by atoms with Crippen LogP contribution in [0.15, 0.2) is 59.6 Å². The Morgan fingerprint density at radius 1 is 1.11 bits per heavy atom. The van der Waals surface area contributed by atoms with E-state index in [0.29, 0.717) is 23.4 Å². The number of ether oxygens (including phenoxy) is 1. The number of aryl methyl sites for hydroxylation is 1. The molecule has 182 valence electrons. The molecule has 35 heavy (non-hydrogen) atoms. The number of imidazole rings is 1. The van der Waals surface area contributed by atoms with Crippen LogP contribution in [0.25, 0.3) is 22.4 Å². The summed E-state index contributed by atoms with van der Waals surface area (Å²) in [6.07, 6.45) is 5.72. The highest BCUT2D eigenvalue weighted by Crippen LogP contribution is 2.38. The van der Waals surface area contributed by atoms with Gasteiger partial charge in [-0.3, -0.25) is 9.55 Å². The van der Waals surface area contributed by atoms with Crippen LogP contribution in [0.1, 0.15) is 51.4 Å². The van der Waals surface area contributed by atoms with Crippen molar-refractivity contribution >= 4 is 28.7 Å². The van der Waals surface area contributed by atoms with Gasteiger partial charge in [-0.05, 0) is 51.0 Å². The second kappa shape index (κ2) is 10.1. The van der Waals surface area contributed by atoms with Gasteiger partial charge in [-0.1, -0.05) is 31.9 Å². The summed E-state index contributed by atoms with van der Waals surface area (Å²) in [4.78, 5) is 34.0. The van der Waals surface area contributed by atoms with Crippen LogP contribution in [0.2, 0.25) is 0 Å². The van der Waals surface area contributed by atoms with Crippen LogP contribution in [-0.2, 0) is 14.3 Å². The molecule has 0 saturated heterocycles. The molecule has 1 aliphatic rings. The number of dihydropyridines is 1. The molecule has 3 heterocycles. The monoisotopic (exact) mass is 474 g/mol. The molecule has 0 radical (unpaired) electrons. The molecule has 1 unspecified atom stereocenters. The van der Waals surface area contributed by atoms with Crippen LogP contribution in [0.3, 0.4) is 0 Å². The average molecular weight is 475 g/mol. The SMILES string of the molecule is CCCCC1C(C(=O)O)=C(C)NC(c2ccc(-n3c(C)nc4cnccc43)cc2)=C1C(=O)OCC. The zero-order valence-corrected chi connectivity index (χ0v) is 20.5. The van der Waals surface area contributed by atoms with Crippen LogP contribution < -0.4 is 5.32 Å². The maximum atomic E-state index is 13.1. The third kappa shape index (κ3) is 4.56. The third-order valence-corrected chi connectivity index (χ3v) is 6.29. The summed E-state index contributed by atoms with van der Waals surface area (Å²) in [6, 6.07) is 9.72. The maximum absolute atomic E-state index is 13.1. The number of pyridine rings is 1. The Labute approximate surface area is 204 Å². The van der Waals surface area contributed by atoms with E-state index in [1.165, 1.54) is 0 Å². The fraction of sp³-hybridized carbons (Fsp3) is 0.333. The van der Waals surface area contributed by atoms with E-state index in [1.807, 2.05) is 48.7 Å². The van der Waals surface area contributed by atoms with E-state index in [4.69, 9.17) is 4.74 Å². The first-order chi connectivity index (χ1) is 16.9. The third-order valence-electron chi connectivity index (χ3n) is 6.29. The number of unbranched alkanes of at least 4 members (excludes halogenated alkanes) is 1. The van der Waals surface area contributed by atoms with Gasteiger partial charge in [0, 0.05) is 23.5 Å². The number of benzene rings is 1. The molecule has 0 bridgehead atoms. The minimum absolute atomic E-state index is 0.210. The molecular formula is C27H30N4O4. The Morgan fingerprint density at radius 2 is 1.86 bits per heavy atom. The van der Waals surface area contributed by atoms with Crippen molar-refractivity contribution in [3.8, 4) is 5.69 Å². The van der Waals surface area contributed by atoms with E-state index >= 15 is 0 Å². The number of hydrogen-bond acceptors (Lipinski definition) is 6. The molecule has 2 aromatic heterocycles. The second-order valence-electron chi connectivity index (χ2n) is 8.58. The minimum Gasteiger partial charge on any atom is -0.478 e. The largest absolute Gasteiger partial charge is 0.478 e. The van der Waals surface area contributed by atoms with Gasteiger partial charge in [-0.15, -0.1) is 0 Å². The number of carboxylic acids is 1. The number of nitrogens with one attached hydrogen (secondary N) is 1. The van der Waals surface area contributed by atoms with Crippen molar-refractivity contribution < 1.29 is 19.4 Å². The van der Waals surface area contributed by atoms with Gasteiger partial charge in [0.25, 0.3) is 0 Å². The van der Waals surface area contributed by atoms with Gasteiger partial charge in [0.1, 0.15) is 11.3 Å². The molecule has 0 aliphatic carbocycles. The molecule has 1 atom stereocenters. The molecule has 0 amide bonds. The van der Waals surface area contributed by atoms with Crippen LogP contribution in [-0.4, -0.2) is 38.2 Å². The van der Waals surface area contributed by atoms with E-state index in [2.05, 4.69) is 15.3 Å². The summed E-state index contributed by atoms with van der Waals surface area (Å²) in [7, 11) is 0. The van der Waals surface area contributed by atoms with Crippen molar-refractivity contribution in [2.24, 2.45) is 5.92 Å². The summed E-state index contributed by atoms with van der Waals surface area (Å²) in [5.74, 6) is -1.22. The maximum Gasteiger partial charge on any atom is 0.336 e. The zero-order chi connectivity index (χ0) is 25.1. The van der Waals surface area contributed by atoms with Crippen molar-refractivity contribution in [3.63, 3.8) is 0 Å². The van der Waals surface area contributed by atoms with Crippen LogP contribution >= 0.6 is 0 Å². The lowest BCUT2D eigenvalue weighted by atomic mass is 9.80. The van der Waals surface area contributed by atoms with Crippen LogP contribution in [0.4, 0.5) is 0 Å². The van der Waals surface area contributed by atoms with Gasteiger partial charge in [0.15, 0.2) is 0 Å². The molecule has 2 N–H and O–H groups in total. The van der Waals surface area contributed by atoms with Gasteiger partial charge in [-0.2, -0.15) is 0 Å². The molecule has 1 aromatic carbocycles. The number of nitrogens with zero attached hydrogens (tertiary/aromatic N) is 3. The fourth-order valence-electron chi connectivity index (χ4n) is 4.75. The number of carbonyl (C=O) groups excluding carboxylic acids is 1. The number of aliphatic carboxylic acids is 1. The smallest absolute Gasteiger partial charge is 0.336 e. The number of esters is 1. The first-order valence-corrected chi connectivity index (χ1v) is 11.9. The molecule has 0 saturated carbocycles. The van der Waals surface area contributed by atoms with E-state index < -0.39 is 17.9 Å². The summed E-state index contributed by atoms with van der Waals surface area (Å²) >= 11 is 0. The fourth-order valence-corrected chi connectivity index (χ4v) is 4.75. The summed E-state index contributed by atoms with van der Waals surface area (Å²) in [6.45, 7) is 7.69. The van der Waals surface area contributed by atoms with Gasteiger partial charge in [0.2, 0.25) is 0 Å². The zero-order valence-electron chi connectivity index (χ0n) is 20.5. The molecular weight excluding hydrogens is 444 g/mol. The normalized spacial score (nSPS) is 15.9. The number of fused-ring (bicyclic) bond motifs is 1. The van der Waals surface area contributed by atoms with Gasteiger partial charge in [-0.25, -0.2) is 14.6 Å². The van der Waals surface area contributed by atoms with Crippen molar-refractivity contribution in [1.82, 2.24) is 19.9 Å². The molecule has 0 spiro atoms. The highest BCUT2D eigenvalue weighted by atomic mass is 16.5. The Hall–Kier alpha value is -3.94. The molecule has 8 heteroatoms. The lowest BCUT2D eigenvalue weighted by Crippen LogP contribution is -2.33. The number of carbonyl (C=O) groups is 2. The second-order valence-corrected chi connectivity index (χ2v) is 8.58. The molecule has 3 aromatic rings. The standard InChI is InChI=1S/C27H30N4O4/c1-5-7-8-20-23(26(32)33)16(3)29-25(24(20)27(34)35-6-2)18-9-11-19(12-10-18)31-17(4)30-21-15-28-14-13-22(21)31/h9-15,20,29H,5-8H2,1-4H3,(H,32,33). The minimum atomic E-state index is -1.02. The van der Waals surface area contributed by atoms with Gasteiger partial charge >= 0.3 is 11.9 Å². The van der Waals surface area contributed by atoms with E-state index in [-0.39, 0.29) is 12.2 Å². The number of aromatic nitrogens is 3. The lowest BCUT2D eigenvalue weighted by molar-refractivity contribution is -0.139. The number of allylic oxidation sites excluding steroid dienone is 1. The predicted octanol–water partition coefficient (Wildman–Crippen LogP) is 4.77. The Balaban J connectivity index is 1.82. The quantitative estimate of drug-likeness (QED) is 0.453. The van der Waals surface area contributed by atoms with Crippen LogP contribution in [0, 0.1) is 12.8 Å². The molecule has 4 rings (SSSR count). The van der Waals surface area contributed by atoms with Crippen molar-refractivity contribution in [2.75, 3.05) is 6.61 Å². The number of hydrogen-bond donors (Lipinski definition) is 2. The predicted molar refractivity (Wildman–Crippen MR) is 134 cm³/mol. The van der Waals surface area contributed by atoms with Crippen molar-refractivity contribution in [2.45, 2.75) is 47.0 Å². The molecule has 1 aliphatic heterocycles. The number of rotatable bonds is 8. The molecule has 0 fully saturated rings. The van der Waals surface area contributed by atoms with Gasteiger partial charge < -0.3 is 15.2 Å². The highest BCUT2D eigenvalue weighted by Gasteiger charge is 2.37. The summed E-state index contributed by atoms with van der Waals surface area (Å²) < 4.78 is 7.43. The summed E-state index contributed by atoms with van der Waals surface area (Å²) in [5, 5.41) is 13.1. The van der Waals surface area contributed by atoms with Crippen LogP contribution in [0.5, 0.6) is 0 Å². The Morgan fingerprint density at radius 3 is 2.51 bits per heavy atom. The average Bonchev–Trinajstić information content (AvgIpc) is 3.17. The van der Waals surface area contributed by atoms with Crippen molar-refractivity contribution in [1.29, 1.82) is 0 Å². The lowest BCUT2D eigenvalue weighted by Gasteiger charge is -2.30. The van der Waals surface area contributed by atoms with Gasteiger partial charge in [0.05, 0.1) is 35.2 Å². The van der Waals surface area contributed by atoms with E-state index in [9.17, 15) is 14.7 Å². The van der Waals surface area contributed by atoms with E-state index in [1.54, 1.807) is 26.2 Å². The number of carboxylic acid groups (broad SMARTS) is 1. The van der Waals surface area contributed by atoms with Crippen molar-refractivity contribution in [3.05, 3.63) is 71.0 Å². The summed E-state index contributed by atoms with van der Waals surface area (Å²) in [5.41, 5.74) is 5.20. The molecule has 8 nitrogen and oxygen atoms in total. The first-order valence-electron chi connectivity index (χ1n) is 11.9. The topological polar surface area (TPSA) is 106 Å². The Bertz CT molecular complexity index is 1330. The Kier molecular flexibility index (Phi) is 7.00. The highest BCUT2D eigenvalue weighted by molar-refractivity contribution is 6.03.